The summed E-state index contributed by atoms with van der Waals surface area (Å²) < 4.78 is 6.11. The predicted molar refractivity (Wildman–Crippen MR) is 87.1 cm³/mol. The Morgan fingerprint density at radius 3 is 3.00 bits per heavy atom. The number of carbonyl (C=O) groups excluding carboxylic acids is 1. The van der Waals surface area contributed by atoms with E-state index in [9.17, 15) is 4.79 Å². The van der Waals surface area contributed by atoms with E-state index in [1.807, 2.05) is 12.1 Å². The summed E-state index contributed by atoms with van der Waals surface area (Å²) in [6.07, 6.45) is 4.92. The van der Waals surface area contributed by atoms with Gasteiger partial charge in [0, 0.05) is 12.5 Å². The molecular weight excluding hydrogens is 276 g/mol. The molecule has 3 rings (SSSR count). The minimum absolute atomic E-state index is 0.138. The van der Waals surface area contributed by atoms with Crippen molar-refractivity contribution in [2.75, 3.05) is 19.6 Å². The second kappa shape index (κ2) is 7.14. The average molecular weight is 302 g/mol. The molecule has 0 aliphatic carbocycles. The Bertz CT molecular complexity index is 518. The molecule has 1 saturated heterocycles. The van der Waals surface area contributed by atoms with Crippen molar-refractivity contribution in [2.45, 2.75) is 51.2 Å². The van der Waals surface area contributed by atoms with Crippen LogP contribution in [0.4, 0.5) is 0 Å². The molecule has 1 fully saturated rings. The van der Waals surface area contributed by atoms with Crippen molar-refractivity contribution >= 4 is 5.91 Å². The molecule has 1 amide bonds. The highest BCUT2D eigenvalue weighted by molar-refractivity contribution is 5.78. The highest BCUT2D eigenvalue weighted by atomic mass is 16.5. The number of para-hydroxylation sites is 1. The van der Waals surface area contributed by atoms with Crippen LogP contribution in [-0.2, 0) is 11.2 Å². The van der Waals surface area contributed by atoms with Crippen LogP contribution in [0.1, 0.15) is 38.2 Å². The number of benzene rings is 1. The maximum Gasteiger partial charge on any atom is 0.223 e. The number of hydrogen-bond donors (Lipinski definition) is 1. The van der Waals surface area contributed by atoms with Crippen LogP contribution in [0.25, 0.3) is 0 Å². The number of fused-ring (bicyclic) bond motifs is 1. The molecule has 22 heavy (non-hydrogen) atoms. The van der Waals surface area contributed by atoms with Crippen molar-refractivity contribution in [3.63, 3.8) is 0 Å². The van der Waals surface area contributed by atoms with Gasteiger partial charge in [0.05, 0.1) is 6.54 Å². The minimum Gasteiger partial charge on any atom is -0.488 e. The zero-order valence-electron chi connectivity index (χ0n) is 13.4. The van der Waals surface area contributed by atoms with Gasteiger partial charge in [0.1, 0.15) is 11.9 Å². The third kappa shape index (κ3) is 3.43. The Morgan fingerprint density at radius 2 is 2.14 bits per heavy atom. The Kier molecular flexibility index (Phi) is 4.98. The lowest BCUT2D eigenvalue weighted by atomic mass is 10.0. The van der Waals surface area contributed by atoms with E-state index >= 15 is 0 Å². The molecule has 0 aromatic heterocycles. The number of carbonyl (C=O) groups is 1. The Morgan fingerprint density at radius 1 is 1.27 bits per heavy atom. The lowest BCUT2D eigenvalue weighted by Crippen LogP contribution is -2.43. The summed E-state index contributed by atoms with van der Waals surface area (Å²) in [7, 11) is 0. The van der Waals surface area contributed by atoms with Crippen LogP contribution >= 0.6 is 0 Å². The Hall–Kier alpha value is -1.55. The molecule has 1 aromatic rings. The van der Waals surface area contributed by atoms with Crippen molar-refractivity contribution in [1.82, 2.24) is 10.2 Å². The third-order valence-electron chi connectivity index (χ3n) is 4.76. The largest absolute Gasteiger partial charge is 0.488 e. The summed E-state index contributed by atoms with van der Waals surface area (Å²) in [5, 5.41) is 3.36. The topological polar surface area (TPSA) is 41.6 Å². The van der Waals surface area contributed by atoms with Crippen LogP contribution < -0.4 is 10.1 Å². The molecule has 0 saturated carbocycles. The molecule has 1 aromatic carbocycles. The summed E-state index contributed by atoms with van der Waals surface area (Å²) in [6.45, 7) is 4.83. The molecule has 120 valence electrons. The smallest absolute Gasteiger partial charge is 0.223 e. The van der Waals surface area contributed by atoms with Gasteiger partial charge in [-0.25, -0.2) is 0 Å². The standard InChI is InChI=1S/C18H26N2O2/c1-2-19-12-11-15-8-10-18(21)20(15)13-16-9-7-14-5-3-4-6-17(14)22-16/h3-6,15-16,19H,2,7-13H2,1H3/t15-,16+/m0/s1. The SMILES string of the molecule is CCNCC[C@@H]1CCC(=O)N1C[C@H]1CCc2ccccc2O1. The Balaban J connectivity index is 1.58. The number of hydrogen-bond acceptors (Lipinski definition) is 3. The molecule has 1 N–H and O–H groups in total. The van der Waals surface area contributed by atoms with Crippen LogP contribution in [0.15, 0.2) is 24.3 Å². The van der Waals surface area contributed by atoms with Crippen LogP contribution in [-0.4, -0.2) is 42.6 Å². The lowest BCUT2D eigenvalue weighted by Gasteiger charge is -2.32. The van der Waals surface area contributed by atoms with E-state index in [2.05, 4.69) is 29.3 Å². The fourth-order valence-corrected chi connectivity index (χ4v) is 3.52. The van der Waals surface area contributed by atoms with Gasteiger partial charge in [-0.3, -0.25) is 4.79 Å². The summed E-state index contributed by atoms with van der Waals surface area (Å²) in [5.41, 5.74) is 1.29. The molecule has 0 spiro atoms. The summed E-state index contributed by atoms with van der Waals surface area (Å²) in [5.74, 6) is 1.29. The predicted octanol–water partition coefficient (Wildman–Crippen LogP) is 2.37. The van der Waals surface area contributed by atoms with E-state index in [4.69, 9.17) is 4.74 Å². The first kappa shape index (κ1) is 15.3. The molecule has 4 heteroatoms. The zero-order valence-corrected chi connectivity index (χ0v) is 13.4. The van der Waals surface area contributed by atoms with Gasteiger partial charge in [-0.05, 0) is 50.4 Å². The first-order chi connectivity index (χ1) is 10.8. The first-order valence-electron chi connectivity index (χ1n) is 8.52. The quantitative estimate of drug-likeness (QED) is 0.820. The van der Waals surface area contributed by atoms with Crippen LogP contribution in [0.2, 0.25) is 0 Å². The molecule has 2 aliphatic heterocycles. The molecule has 2 aliphatic rings. The van der Waals surface area contributed by atoms with Crippen molar-refractivity contribution in [2.24, 2.45) is 0 Å². The molecule has 0 unspecified atom stereocenters. The van der Waals surface area contributed by atoms with Gasteiger partial charge in [-0.2, -0.15) is 0 Å². The monoisotopic (exact) mass is 302 g/mol. The fourth-order valence-electron chi connectivity index (χ4n) is 3.52. The van der Waals surface area contributed by atoms with Crippen molar-refractivity contribution in [1.29, 1.82) is 0 Å². The minimum atomic E-state index is 0.138. The van der Waals surface area contributed by atoms with E-state index in [1.54, 1.807) is 0 Å². The van der Waals surface area contributed by atoms with E-state index in [0.29, 0.717) is 18.4 Å². The highest BCUT2D eigenvalue weighted by Gasteiger charge is 2.33. The van der Waals surface area contributed by atoms with E-state index in [-0.39, 0.29) is 6.10 Å². The molecule has 0 bridgehead atoms. The number of nitrogens with zero attached hydrogens (tertiary/aromatic N) is 1. The van der Waals surface area contributed by atoms with Crippen molar-refractivity contribution in [3.8, 4) is 5.75 Å². The maximum atomic E-state index is 12.2. The number of ether oxygens (including phenoxy) is 1. The van der Waals surface area contributed by atoms with Gasteiger partial charge in [0.15, 0.2) is 0 Å². The average Bonchev–Trinajstić information content (AvgIpc) is 2.88. The lowest BCUT2D eigenvalue weighted by molar-refractivity contribution is -0.130. The summed E-state index contributed by atoms with van der Waals surface area (Å²) >= 11 is 0. The number of amides is 1. The van der Waals surface area contributed by atoms with Gasteiger partial charge in [-0.1, -0.05) is 25.1 Å². The number of nitrogens with one attached hydrogen (secondary N) is 1. The number of aryl methyl sites for hydroxylation is 1. The highest BCUT2D eigenvalue weighted by Crippen LogP contribution is 2.29. The van der Waals surface area contributed by atoms with Gasteiger partial charge in [0.2, 0.25) is 5.91 Å². The van der Waals surface area contributed by atoms with Crippen molar-refractivity contribution < 1.29 is 9.53 Å². The van der Waals surface area contributed by atoms with Crippen LogP contribution in [0, 0.1) is 0 Å². The van der Waals surface area contributed by atoms with E-state index in [0.717, 1.165) is 51.1 Å². The van der Waals surface area contributed by atoms with Gasteiger partial charge < -0.3 is 15.0 Å². The first-order valence-corrected chi connectivity index (χ1v) is 8.52. The molecule has 2 heterocycles. The third-order valence-corrected chi connectivity index (χ3v) is 4.76. The number of rotatable bonds is 6. The second-order valence-corrected chi connectivity index (χ2v) is 6.27. The maximum absolute atomic E-state index is 12.2. The zero-order chi connectivity index (χ0) is 15.4. The van der Waals surface area contributed by atoms with Gasteiger partial charge >= 0.3 is 0 Å². The number of likely N-dealkylation sites (tertiary alicyclic amines) is 1. The fraction of sp³-hybridized carbons (Fsp3) is 0.611. The molecule has 4 nitrogen and oxygen atoms in total. The summed E-state index contributed by atoms with van der Waals surface area (Å²) in [6, 6.07) is 8.62. The summed E-state index contributed by atoms with van der Waals surface area (Å²) in [4.78, 5) is 14.3. The molecule has 2 atom stereocenters. The van der Waals surface area contributed by atoms with Gasteiger partial charge in [-0.15, -0.1) is 0 Å². The van der Waals surface area contributed by atoms with E-state index < -0.39 is 0 Å². The van der Waals surface area contributed by atoms with E-state index in [1.165, 1.54) is 5.56 Å². The normalized spacial score (nSPS) is 24.2. The molecular formula is C18H26N2O2. The van der Waals surface area contributed by atoms with Crippen molar-refractivity contribution in [3.05, 3.63) is 29.8 Å². The van der Waals surface area contributed by atoms with Crippen LogP contribution in [0.5, 0.6) is 5.75 Å². The Labute approximate surface area is 132 Å². The second-order valence-electron chi connectivity index (χ2n) is 6.27. The van der Waals surface area contributed by atoms with Gasteiger partial charge in [0.25, 0.3) is 0 Å². The molecule has 0 radical (unpaired) electrons. The van der Waals surface area contributed by atoms with Crippen LogP contribution in [0.3, 0.4) is 0 Å².